The molecule has 162 valence electrons. The number of hydrogen-bond acceptors (Lipinski definition) is 3. The molecule has 0 radical (unpaired) electrons. The van der Waals surface area contributed by atoms with Crippen LogP contribution in [0.3, 0.4) is 0 Å². The summed E-state index contributed by atoms with van der Waals surface area (Å²) in [4.78, 5) is 27.8. The Balaban J connectivity index is 2.25. The summed E-state index contributed by atoms with van der Waals surface area (Å²) in [6.07, 6.45) is 0.744. The van der Waals surface area contributed by atoms with Gasteiger partial charge in [0, 0.05) is 18.1 Å². The molecule has 6 heteroatoms. The van der Waals surface area contributed by atoms with E-state index in [4.69, 9.17) is 16.3 Å². The minimum Gasteiger partial charge on any atom is -0.497 e. The molecule has 1 N–H and O–H groups in total. The first-order valence-electron chi connectivity index (χ1n) is 10.3. The molecule has 2 amide bonds. The van der Waals surface area contributed by atoms with Crippen LogP contribution < -0.4 is 10.1 Å². The molecule has 0 saturated heterocycles. The lowest BCUT2D eigenvalue weighted by atomic mass is 10.1. The highest BCUT2D eigenvalue weighted by atomic mass is 35.5. The van der Waals surface area contributed by atoms with Gasteiger partial charge in [0.15, 0.2) is 0 Å². The fourth-order valence-electron chi connectivity index (χ4n) is 3.15. The van der Waals surface area contributed by atoms with Crippen LogP contribution in [0.25, 0.3) is 0 Å². The molecule has 0 heterocycles. The first kappa shape index (κ1) is 23.7. The molecule has 0 saturated carbocycles. The van der Waals surface area contributed by atoms with Crippen molar-refractivity contribution in [3.63, 3.8) is 0 Å². The predicted molar refractivity (Wildman–Crippen MR) is 121 cm³/mol. The summed E-state index contributed by atoms with van der Waals surface area (Å²) in [6.45, 7) is 6.95. The molecule has 0 bridgehead atoms. The van der Waals surface area contributed by atoms with Crippen molar-refractivity contribution in [1.82, 2.24) is 10.2 Å². The van der Waals surface area contributed by atoms with Gasteiger partial charge in [0.25, 0.3) is 0 Å². The molecule has 0 spiro atoms. The maximum atomic E-state index is 13.3. The lowest BCUT2D eigenvalue weighted by molar-refractivity contribution is -0.141. The van der Waals surface area contributed by atoms with Gasteiger partial charge in [0.1, 0.15) is 11.8 Å². The van der Waals surface area contributed by atoms with Gasteiger partial charge in [0.2, 0.25) is 11.8 Å². The second-order valence-corrected chi connectivity index (χ2v) is 8.17. The monoisotopic (exact) mass is 430 g/mol. The summed E-state index contributed by atoms with van der Waals surface area (Å²) in [5.41, 5.74) is 1.80. The Labute approximate surface area is 184 Å². The minimum absolute atomic E-state index is 0.0975. The van der Waals surface area contributed by atoms with Crippen molar-refractivity contribution in [2.75, 3.05) is 13.7 Å². The van der Waals surface area contributed by atoms with Gasteiger partial charge >= 0.3 is 0 Å². The van der Waals surface area contributed by atoms with Crippen LogP contribution in [0.1, 0.15) is 38.3 Å². The van der Waals surface area contributed by atoms with Gasteiger partial charge in [-0.25, -0.2) is 0 Å². The fourth-order valence-corrected chi connectivity index (χ4v) is 3.27. The van der Waals surface area contributed by atoms with Gasteiger partial charge in [0.05, 0.1) is 13.5 Å². The zero-order valence-corrected chi connectivity index (χ0v) is 18.9. The van der Waals surface area contributed by atoms with E-state index in [0.717, 1.165) is 16.9 Å². The molecule has 0 fully saturated rings. The number of halogens is 1. The number of amides is 2. The van der Waals surface area contributed by atoms with E-state index in [0.29, 0.717) is 30.5 Å². The van der Waals surface area contributed by atoms with Crippen LogP contribution >= 0.6 is 11.6 Å². The summed E-state index contributed by atoms with van der Waals surface area (Å²) in [7, 11) is 1.61. The number of carbonyl (C=O) groups excluding carboxylic acids is 2. The van der Waals surface area contributed by atoms with E-state index in [1.807, 2.05) is 57.2 Å². The molecule has 2 aromatic rings. The van der Waals surface area contributed by atoms with Crippen molar-refractivity contribution in [2.45, 2.75) is 46.2 Å². The van der Waals surface area contributed by atoms with Crippen LogP contribution in [0.5, 0.6) is 5.75 Å². The first-order valence-corrected chi connectivity index (χ1v) is 10.7. The predicted octanol–water partition coefficient (Wildman–Crippen LogP) is 4.47. The topological polar surface area (TPSA) is 58.6 Å². The molecule has 2 rings (SSSR count). The van der Waals surface area contributed by atoms with Gasteiger partial charge in [-0.3, -0.25) is 9.59 Å². The average molecular weight is 431 g/mol. The summed E-state index contributed by atoms with van der Waals surface area (Å²) < 4.78 is 5.22. The Morgan fingerprint density at radius 1 is 1.03 bits per heavy atom. The Kier molecular flexibility index (Phi) is 9.18. The lowest BCUT2D eigenvalue weighted by Gasteiger charge is -2.31. The van der Waals surface area contributed by atoms with Gasteiger partial charge in [-0.15, -0.1) is 0 Å². The van der Waals surface area contributed by atoms with Gasteiger partial charge in [-0.1, -0.05) is 56.6 Å². The van der Waals surface area contributed by atoms with Gasteiger partial charge < -0.3 is 15.0 Å². The highest BCUT2D eigenvalue weighted by molar-refractivity contribution is 6.30. The van der Waals surface area contributed by atoms with E-state index >= 15 is 0 Å². The van der Waals surface area contributed by atoms with E-state index in [1.54, 1.807) is 24.1 Å². The number of hydrogen-bond donors (Lipinski definition) is 1. The maximum Gasteiger partial charge on any atom is 0.242 e. The van der Waals surface area contributed by atoms with E-state index in [-0.39, 0.29) is 18.2 Å². The van der Waals surface area contributed by atoms with Crippen LogP contribution in [0.15, 0.2) is 48.5 Å². The molecule has 5 nitrogen and oxygen atoms in total. The van der Waals surface area contributed by atoms with Crippen LogP contribution in [-0.2, 0) is 22.6 Å². The van der Waals surface area contributed by atoms with Crippen LogP contribution in [0.4, 0.5) is 0 Å². The molecule has 0 aromatic heterocycles. The molecule has 30 heavy (non-hydrogen) atoms. The lowest BCUT2D eigenvalue weighted by Crippen LogP contribution is -2.50. The Morgan fingerprint density at radius 3 is 2.17 bits per heavy atom. The third-order valence-corrected chi connectivity index (χ3v) is 5.10. The Hall–Kier alpha value is -2.53. The molecule has 2 aromatic carbocycles. The van der Waals surface area contributed by atoms with Crippen molar-refractivity contribution in [3.8, 4) is 5.75 Å². The van der Waals surface area contributed by atoms with Crippen molar-refractivity contribution in [1.29, 1.82) is 0 Å². The largest absolute Gasteiger partial charge is 0.497 e. The molecule has 1 atom stereocenters. The molecule has 0 aliphatic carbocycles. The number of carbonyl (C=O) groups is 2. The van der Waals surface area contributed by atoms with Gasteiger partial charge in [-0.2, -0.15) is 0 Å². The van der Waals surface area contributed by atoms with Crippen LogP contribution in [-0.4, -0.2) is 36.4 Å². The molecule has 0 unspecified atom stereocenters. The summed E-state index contributed by atoms with van der Waals surface area (Å²) in [5, 5.41) is 3.60. The Morgan fingerprint density at radius 2 is 1.63 bits per heavy atom. The number of benzene rings is 2. The maximum absolute atomic E-state index is 13.3. The summed E-state index contributed by atoms with van der Waals surface area (Å²) in [5.74, 6) is 0.870. The molecule has 0 aliphatic rings. The number of nitrogens with one attached hydrogen (secondary N) is 1. The normalized spacial score (nSPS) is 11.8. The standard InChI is InChI=1S/C24H31ClN2O3/c1-5-22(24(29)26-15-17(2)3)27(16-19-8-12-21(30-4)13-9-19)23(28)14-18-6-10-20(25)11-7-18/h6-13,17,22H,5,14-16H2,1-4H3,(H,26,29)/t22-/m1/s1. The Bertz CT molecular complexity index is 819. The smallest absolute Gasteiger partial charge is 0.242 e. The highest BCUT2D eigenvalue weighted by Gasteiger charge is 2.28. The average Bonchev–Trinajstić information content (AvgIpc) is 2.74. The number of rotatable bonds is 10. The van der Waals surface area contributed by atoms with E-state index in [9.17, 15) is 9.59 Å². The van der Waals surface area contributed by atoms with E-state index < -0.39 is 6.04 Å². The molecular weight excluding hydrogens is 400 g/mol. The van der Waals surface area contributed by atoms with Gasteiger partial charge in [-0.05, 0) is 47.7 Å². The third-order valence-electron chi connectivity index (χ3n) is 4.85. The molecular formula is C24H31ClN2O3. The second kappa shape index (κ2) is 11.6. The summed E-state index contributed by atoms with van der Waals surface area (Å²) in [6, 6.07) is 14.2. The third kappa shape index (κ3) is 7.06. The second-order valence-electron chi connectivity index (χ2n) is 7.74. The SMILES string of the molecule is CC[C@H](C(=O)NCC(C)C)N(Cc1ccc(OC)cc1)C(=O)Cc1ccc(Cl)cc1. The minimum atomic E-state index is -0.536. The van der Waals surface area contributed by atoms with Crippen molar-refractivity contribution < 1.29 is 14.3 Å². The fraction of sp³-hybridized carbons (Fsp3) is 0.417. The van der Waals surface area contributed by atoms with Crippen LogP contribution in [0, 0.1) is 5.92 Å². The quantitative estimate of drug-likeness (QED) is 0.605. The van der Waals surface area contributed by atoms with E-state index in [1.165, 1.54) is 0 Å². The van der Waals surface area contributed by atoms with Crippen molar-refractivity contribution in [2.24, 2.45) is 5.92 Å². The number of nitrogens with zero attached hydrogens (tertiary/aromatic N) is 1. The highest BCUT2D eigenvalue weighted by Crippen LogP contribution is 2.18. The molecule has 0 aliphatic heterocycles. The van der Waals surface area contributed by atoms with Crippen LogP contribution in [0.2, 0.25) is 5.02 Å². The number of ether oxygens (including phenoxy) is 1. The zero-order valence-electron chi connectivity index (χ0n) is 18.2. The van der Waals surface area contributed by atoms with Crippen molar-refractivity contribution in [3.05, 3.63) is 64.7 Å². The first-order chi connectivity index (χ1) is 14.3. The summed E-state index contributed by atoms with van der Waals surface area (Å²) >= 11 is 5.96. The van der Waals surface area contributed by atoms with Crippen molar-refractivity contribution >= 4 is 23.4 Å². The number of methoxy groups -OCH3 is 1. The zero-order chi connectivity index (χ0) is 22.1. The van der Waals surface area contributed by atoms with E-state index in [2.05, 4.69) is 5.32 Å².